The number of carbonyl (C=O) groups is 1. The predicted molar refractivity (Wildman–Crippen MR) is 91.0 cm³/mol. The molecule has 0 spiro atoms. The number of hydrogen-bond acceptors (Lipinski definition) is 3. The van der Waals surface area contributed by atoms with Crippen molar-refractivity contribution in [3.63, 3.8) is 0 Å². The van der Waals surface area contributed by atoms with E-state index in [1.165, 1.54) is 23.4 Å². The topological polar surface area (TPSA) is 38.3 Å². The molecule has 0 atom stereocenters. The highest BCUT2D eigenvalue weighted by atomic mass is 16.5. The number of methoxy groups -OCH3 is 1. The summed E-state index contributed by atoms with van der Waals surface area (Å²) in [7, 11) is 1.44. The van der Waals surface area contributed by atoms with Crippen LogP contribution in [0.5, 0.6) is 0 Å². The molecule has 118 valence electrons. The number of carbonyl (C=O) groups excluding carboxylic acids is 1. The molecule has 0 unspecified atom stereocenters. The van der Waals surface area contributed by atoms with Crippen molar-refractivity contribution in [2.75, 3.05) is 20.2 Å². The van der Waals surface area contributed by atoms with E-state index in [9.17, 15) is 4.79 Å². The minimum Gasteiger partial charge on any atom is -0.469 e. The minimum absolute atomic E-state index is 0.107. The quantitative estimate of drug-likeness (QED) is 0.567. The van der Waals surface area contributed by atoms with E-state index in [0.717, 1.165) is 38.8 Å². The first-order valence-corrected chi connectivity index (χ1v) is 8.05. The zero-order valence-electron chi connectivity index (χ0n) is 13.3. The van der Waals surface area contributed by atoms with Crippen LogP contribution in [0.25, 0.3) is 10.8 Å². The summed E-state index contributed by atoms with van der Waals surface area (Å²) in [4.78, 5) is 11.0. The molecule has 0 fully saturated rings. The lowest BCUT2D eigenvalue weighted by molar-refractivity contribution is -0.140. The average Bonchev–Trinajstić information content (AvgIpc) is 2.57. The van der Waals surface area contributed by atoms with Gasteiger partial charge in [0.1, 0.15) is 0 Å². The number of ether oxygens (including phenoxy) is 1. The predicted octanol–water partition coefficient (Wildman–Crippen LogP) is 3.71. The molecule has 2 rings (SSSR count). The largest absolute Gasteiger partial charge is 0.469 e. The van der Waals surface area contributed by atoms with Crippen LogP contribution in [0.2, 0.25) is 0 Å². The lowest BCUT2D eigenvalue weighted by atomic mass is 10.0. The summed E-state index contributed by atoms with van der Waals surface area (Å²) in [5.74, 6) is -0.107. The van der Waals surface area contributed by atoms with Gasteiger partial charge in [-0.2, -0.15) is 0 Å². The van der Waals surface area contributed by atoms with Gasteiger partial charge in [-0.1, -0.05) is 48.9 Å². The average molecular weight is 299 g/mol. The third-order valence-electron chi connectivity index (χ3n) is 3.91. The van der Waals surface area contributed by atoms with Crippen LogP contribution in [0.1, 0.15) is 31.2 Å². The highest BCUT2D eigenvalue weighted by Crippen LogP contribution is 2.18. The van der Waals surface area contributed by atoms with Gasteiger partial charge in [-0.05, 0) is 48.7 Å². The Hall–Kier alpha value is -1.87. The molecule has 0 aliphatic rings. The molecule has 0 heterocycles. The Labute approximate surface area is 132 Å². The second-order valence-electron chi connectivity index (χ2n) is 5.53. The van der Waals surface area contributed by atoms with E-state index in [1.807, 2.05) is 0 Å². The van der Waals surface area contributed by atoms with Gasteiger partial charge < -0.3 is 10.1 Å². The second kappa shape index (κ2) is 9.21. The third-order valence-corrected chi connectivity index (χ3v) is 3.91. The fourth-order valence-electron chi connectivity index (χ4n) is 2.66. The van der Waals surface area contributed by atoms with Crippen molar-refractivity contribution in [3.05, 3.63) is 48.0 Å². The second-order valence-corrected chi connectivity index (χ2v) is 5.53. The molecule has 0 saturated heterocycles. The molecule has 0 aliphatic heterocycles. The molecule has 2 aromatic rings. The first-order valence-electron chi connectivity index (χ1n) is 8.05. The summed E-state index contributed by atoms with van der Waals surface area (Å²) < 4.78 is 4.62. The van der Waals surface area contributed by atoms with Crippen LogP contribution in [-0.4, -0.2) is 26.2 Å². The van der Waals surface area contributed by atoms with Gasteiger partial charge in [-0.3, -0.25) is 4.79 Å². The molecular weight excluding hydrogens is 274 g/mol. The number of hydrogen-bond donors (Lipinski definition) is 1. The maximum atomic E-state index is 11.0. The zero-order valence-corrected chi connectivity index (χ0v) is 13.3. The van der Waals surface area contributed by atoms with E-state index in [-0.39, 0.29) is 5.97 Å². The minimum atomic E-state index is -0.107. The van der Waals surface area contributed by atoms with Gasteiger partial charge in [0.05, 0.1) is 7.11 Å². The van der Waals surface area contributed by atoms with Gasteiger partial charge in [0.2, 0.25) is 0 Å². The van der Waals surface area contributed by atoms with E-state index >= 15 is 0 Å². The molecule has 0 saturated carbocycles. The molecule has 0 aliphatic carbocycles. The first-order chi connectivity index (χ1) is 10.8. The lowest BCUT2D eigenvalue weighted by Crippen LogP contribution is -2.18. The standard InChI is InChI=1S/C19H25NO2/c1-22-19(21)12-3-2-6-14-20-15-13-17-10-7-9-16-8-4-5-11-18(16)17/h4-5,7-11,20H,2-3,6,12-15H2,1H3. The van der Waals surface area contributed by atoms with Crippen LogP contribution in [0.3, 0.4) is 0 Å². The third kappa shape index (κ3) is 5.15. The van der Waals surface area contributed by atoms with Gasteiger partial charge in [0, 0.05) is 6.42 Å². The monoisotopic (exact) mass is 299 g/mol. The Bertz CT molecular complexity index is 590. The summed E-state index contributed by atoms with van der Waals surface area (Å²) in [6, 6.07) is 15.0. The normalized spacial score (nSPS) is 10.8. The van der Waals surface area contributed by atoms with Crippen molar-refractivity contribution in [1.29, 1.82) is 0 Å². The number of fused-ring (bicyclic) bond motifs is 1. The number of esters is 1. The summed E-state index contributed by atoms with van der Waals surface area (Å²) in [5, 5.41) is 6.14. The highest BCUT2D eigenvalue weighted by Gasteiger charge is 2.01. The zero-order chi connectivity index (χ0) is 15.6. The van der Waals surface area contributed by atoms with Crippen LogP contribution in [0.15, 0.2) is 42.5 Å². The SMILES string of the molecule is COC(=O)CCCCCNCCc1cccc2ccccc12. The van der Waals surface area contributed by atoms with E-state index in [2.05, 4.69) is 52.5 Å². The summed E-state index contributed by atoms with van der Waals surface area (Å²) in [6.45, 7) is 2.00. The lowest BCUT2D eigenvalue weighted by Gasteiger charge is -2.08. The van der Waals surface area contributed by atoms with Crippen LogP contribution in [0.4, 0.5) is 0 Å². The molecule has 0 amide bonds. The Balaban J connectivity index is 1.63. The molecule has 0 aromatic heterocycles. The Kier molecular flexibility index (Phi) is 6.91. The van der Waals surface area contributed by atoms with Crippen molar-refractivity contribution in [2.45, 2.75) is 32.1 Å². The number of unbranched alkanes of at least 4 members (excludes halogenated alkanes) is 2. The van der Waals surface area contributed by atoms with Gasteiger partial charge in [0.15, 0.2) is 0 Å². The van der Waals surface area contributed by atoms with Crippen molar-refractivity contribution < 1.29 is 9.53 Å². The molecular formula is C19H25NO2. The highest BCUT2D eigenvalue weighted by molar-refractivity contribution is 5.85. The van der Waals surface area contributed by atoms with Gasteiger partial charge in [-0.25, -0.2) is 0 Å². The molecule has 2 aromatic carbocycles. The Morgan fingerprint density at radius 1 is 1.00 bits per heavy atom. The van der Waals surface area contributed by atoms with Gasteiger partial charge >= 0.3 is 5.97 Å². The molecule has 1 N–H and O–H groups in total. The van der Waals surface area contributed by atoms with Crippen LogP contribution in [-0.2, 0) is 16.0 Å². The molecule has 22 heavy (non-hydrogen) atoms. The Morgan fingerprint density at radius 2 is 1.82 bits per heavy atom. The van der Waals surface area contributed by atoms with Crippen LogP contribution in [0, 0.1) is 0 Å². The first kappa shape index (κ1) is 16.5. The van der Waals surface area contributed by atoms with E-state index in [1.54, 1.807) is 0 Å². The molecule has 3 nitrogen and oxygen atoms in total. The van der Waals surface area contributed by atoms with Gasteiger partial charge in [0.25, 0.3) is 0 Å². The summed E-state index contributed by atoms with van der Waals surface area (Å²) >= 11 is 0. The van der Waals surface area contributed by atoms with Crippen molar-refractivity contribution in [2.24, 2.45) is 0 Å². The van der Waals surface area contributed by atoms with Crippen LogP contribution >= 0.6 is 0 Å². The maximum absolute atomic E-state index is 11.0. The number of benzene rings is 2. The number of rotatable bonds is 9. The molecule has 0 bridgehead atoms. The van der Waals surface area contributed by atoms with E-state index in [4.69, 9.17) is 0 Å². The fraction of sp³-hybridized carbons (Fsp3) is 0.421. The fourth-order valence-corrected chi connectivity index (χ4v) is 2.66. The maximum Gasteiger partial charge on any atom is 0.305 e. The van der Waals surface area contributed by atoms with Crippen molar-refractivity contribution in [3.8, 4) is 0 Å². The Morgan fingerprint density at radius 3 is 2.68 bits per heavy atom. The molecule has 3 heteroatoms. The summed E-state index contributed by atoms with van der Waals surface area (Å²) in [6.07, 6.45) is 4.66. The smallest absolute Gasteiger partial charge is 0.305 e. The molecule has 0 radical (unpaired) electrons. The van der Waals surface area contributed by atoms with Crippen molar-refractivity contribution in [1.82, 2.24) is 5.32 Å². The van der Waals surface area contributed by atoms with E-state index < -0.39 is 0 Å². The van der Waals surface area contributed by atoms with Crippen LogP contribution < -0.4 is 5.32 Å². The van der Waals surface area contributed by atoms with Gasteiger partial charge in [-0.15, -0.1) is 0 Å². The number of nitrogens with one attached hydrogen (secondary N) is 1. The summed E-state index contributed by atoms with van der Waals surface area (Å²) in [5.41, 5.74) is 1.40. The van der Waals surface area contributed by atoms with E-state index in [0.29, 0.717) is 6.42 Å². The van der Waals surface area contributed by atoms with Crippen molar-refractivity contribution >= 4 is 16.7 Å².